The van der Waals surface area contributed by atoms with Crippen molar-refractivity contribution in [2.24, 2.45) is 0 Å². The van der Waals surface area contributed by atoms with E-state index in [1.807, 2.05) is 11.8 Å². The lowest BCUT2D eigenvalue weighted by Gasteiger charge is -2.23. The van der Waals surface area contributed by atoms with Gasteiger partial charge in [0.05, 0.1) is 18.2 Å². The number of likely N-dealkylation sites (tertiary alicyclic amines) is 1. The van der Waals surface area contributed by atoms with Gasteiger partial charge in [-0.25, -0.2) is 9.97 Å². The summed E-state index contributed by atoms with van der Waals surface area (Å²) < 4.78 is 5.15. The fourth-order valence-electron chi connectivity index (χ4n) is 2.28. The van der Waals surface area contributed by atoms with Crippen LogP contribution in [-0.2, 0) is 11.2 Å². The van der Waals surface area contributed by atoms with Crippen molar-refractivity contribution in [3.63, 3.8) is 0 Å². The predicted molar refractivity (Wildman–Crippen MR) is 67.3 cm³/mol. The predicted octanol–water partition coefficient (Wildman–Crippen LogP) is 1.29. The smallest absolute Gasteiger partial charge is 0.257 e. The van der Waals surface area contributed by atoms with Crippen molar-refractivity contribution in [1.82, 2.24) is 14.9 Å². The topological polar surface area (TPSA) is 55.3 Å². The number of ether oxygens (including phenoxy) is 1. The molecular weight excluding hydrogens is 230 g/mol. The largest absolute Gasteiger partial charge is 0.383 e. The minimum atomic E-state index is 0.0113. The van der Waals surface area contributed by atoms with Gasteiger partial charge in [-0.2, -0.15) is 0 Å². The molecule has 1 saturated heterocycles. The molecule has 98 valence electrons. The molecule has 1 aliphatic heterocycles. The zero-order valence-corrected chi connectivity index (χ0v) is 10.9. The van der Waals surface area contributed by atoms with E-state index >= 15 is 0 Å². The molecule has 1 aromatic rings. The van der Waals surface area contributed by atoms with Crippen molar-refractivity contribution in [3.8, 4) is 0 Å². The van der Waals surface area contributed by atoms with Gasteiger partial charge in [0.2, 0.25) is 0 Å². The second kappa shape index (κ2) is 5.91. The van der Waals surface area contributed by atoms with E-state index in [9.17, 15) is 4.79 Å². The molecular formula is C13H19N3O2. The van der Waals surface area contributed by atoms with E-state index in [0.29, 0.717) is 12.2 Å². The number of methoxy groups -OCH3 is 1. The monoisotopic (exact) mass is 249 g/mol. The third kappa shape index (κ3) is 2.67. The molecule has 0 radical (unpaired) electrons. The molecule has 1 fully saturated rings. The molecule has 0 aromatic carbocycles. The summed E-state index contributed by atoms with van der Waals surface area (Å²) >= 11 is 0. The number of amides is 1. The molecule has 0 saturated carbocycles. The SMILES string of the molecule is CCc1ncc(C(=O)N2CCC[C@H]2COC)cn1. The third-order valence-corrected chi connectivity index (χ3v) is 3.27. The first kappa shape index (κ1) is 13.0. The molecule has 5 nitrogen and oxygen atoms in total. The van der Waals surface area contributed by atoms with Crippen LogP contribution in [0.5, 0.6) is 0 Å². The normalized spacial score (nSPS) is 19.2. The molecule has 0 N–H and O–H groups in total. The number of carbonyl (C=O) groups is 1. The number of aryl methyl sites for hydroxylation is 1. The van der Waals surface area contributed by atoms with Crippen molar-refractivity contribution in [3.05, 3.63) is 23.8 Å². The summed E-state index contributed by atoms with van der Waals surface area (Å²) in [6.07, 6.45) is 6.07. The zero-order valence-electron chi connectivity index (χ0n) is 10.9. The van der Waals surface area contributed by atoms with Crippen molar-refractivity contribution in [2.45, 2.75) is 32.2 Å². The summed E-state index contributed by atoms with van der Waals surface area (Å²) in [5.41, 5.74) is 0.565. The Labute approximate surface area is 107 Å². The second-order valence-corrected chi connectivity index (χ2v) is 4.49. The van der Waals surface area contributed by atoms with Crippen molar-refractivity contribution >= 4 is 5.91 Å². The van der Waals surface area contributed by atoms with Gasteiger partial charge in [0.1, 0.15) is 5.82 Å². The average Bonchev–Trinajstić information content (AvgIpc) is 2.87. The van der Waals surface area contributed by atoms with Crippen LogP contribution >= 0.6 is 0 Å². The van der Waals surface area contributed by atoms with Gasteiger partial charge in [0.25, 0.3) is 5.91 Å². The van der Waals surface area contributed by atoms with Crippen LogP contribution in [0.25, 0.3) is 0 Å². The van der Waals surface area contributed by atoms with Gasteiger partial charge in [-0.3, -0.25) is 4.79 Å². The molecule has 5 heteroatoms. The number of nitrogens with zero attached hydrogens (tertiary/aromatic N) is 3. The van der Waals surface area contributed by atoms with E-state index < -0.39 is 0 Å². The second-order valence-electron chi connectivity index (χ2n) is 4.49. The minimum Gasteiger partial charge on any atom is -0.383 e. The molecule has 1 atom stereocenters. The quantitative estimate of drug-likeness (QED) is 0.807. The first-order valence-electron chi connectivity index (χ1n) is 6.37. The fourth-order valence-corrected chi connectivity index (χ4v) is 2.28. The van der Waals surface area contributed by atoms with Crippen LogP contribution in [0.2, 0.25) is 0 Å². The van der Waals surface area contributed by atoms with Crippen LogP contribution < -0.4 is 0 Å². The lowest BCUT2D eigenvalue weighted by atomic mass is 10.2. The van der Waals surface area contributed by atoms with Gasteiger partial charge in [-0.15, -0.1) is 0 Å². The average molecular weight is 249 g/mol. The van der Waals surface area contributed by atoms with Crippen LogP contribution in [0.1, 0.15) is 35.9 Å². The Hall–Kier alpha value is -1.49. The van der Waals surface area contributed by atoms with E-state index in [1.165, 1.54) is 0 Å². The number of hydrogen-bond donors (Lipinski definition) is 0. The van der Waals surface area contributed by atoms with Gasteiger partial charge in [-0.05, 0) is 12.8 Å². The van der Waals surface area contributed by atoms with E-state index in [-0.39, 0.29) is 11.9 Å². The van der Waals surface area contributed by atoms with Gasteiger partial charge in [-0.1, -0.05) is 6.92 Å². The van der Waals surface area contributed by atoms with Crippen molar-refractivity contribution in [2.75, 3.05) is 20.3 Å². The number of hydrogen-bond acceptors (Lipinski definition) is 4. The molecule has 0 bridgehead atoms. The highest BCUT2D eigenvalue weighted by molar-refractivity contribution is 5.94. The molecule has 0 aliphatic carbocycles. The van der Waals surface area contributed by atoms with Crippen LogP contribution in [0.15, 0.2) is 12.4 Å². The molecule has 0 spiro atoms. The van der Waals surface area contributed by atoms with Crippen LogP contribution in [-0.4, -0.2) is 47.1 Å². The summed E-state index contributed by atoms with van der Waals surface area (Å²) in [4.78, 5) is 22.5. The van der Waals surface area contributed by atoms with E-state index in [4.69, 9.17) is 4.74 Å². The Bertz CT molecular complexity index is 405. The lowest BCUT2D eigenvalue weighted by molar-refractivity contribution is 0.0630. The fraction of sp³-hybridized carbons (Fsp3) is 0.615. The Balaban J connectivity index is 2.09. The minimum absolute atomic E-state index is 0.0113. The highest BCUT2D eigenvalue weighted by atomic mass is 16.5. The maximum absolute atomic E-state index is 12.3. The van der Waals surface area contributed by atoms with Crippen molar-refractivity contribution < 1.29 is 9.53 Å². The Morgan fingerprint density at radius 2 is 2.22 bits per heavy atom. The maximum Gasteiger partial charge on any atom is 0.257 e. The van der Waals surface area contributed by atoms with Crippen LogP contribution in [0.3, 0.4) is 0 Å². The highest BCUT2D eigenvalue weighted by Crippen LogP contribution is 2.19. The first-order chi connectivity index (χ1) is 8.76. The zero-order chi connectivity index (χ0) is 13.0. The lowest BCUT2D eigenvalue weighted by Crippen LogP contribution is -2.38. The Morgan fingerprint density at radius 3 is 2.83 bits per heavy atom. The Morgan fingerprint density at radius 1 is 1.50 bits per heavy atom. The van der Waals surface area contributed by atoms with E-state index in [1.54, 1.807) is 19.5 Å². The first-order valence-corrected chi connectivity index (χ1v) is 6.37. The molecule has 1 amide bonds. The van der Waals surface area contributed by atoms with Gasteiger partial charge < -0.3 is 9.64 Å². The summed E-state index contributed by atoms with van der Waals surface area (Å²) in [6, 6.07) is 0.188. The molecule has 2 rings (SSSR count). The van der Waals surface area contributed by atoms with Gasteiger partial charge in [0, 0.05) is 32.5 Å². The summed E-state index contributed by atoms with van der Waals surface area (Å²) in [5, 5.41) is 0. The molecule has 0 unspecified atom stereocenters. The molecule has 2 heterocycles. The maximum atomic E-state index is 12.3. The standard InChI is InChI=1S/C13H19N3O2/c1-3-12-14-7-10(8-15-12)13(17)16-6-4-5-11(16)9-18-2/h7-8,11H,3-6,9H2,1-2H3/t11-/m0/s1. The van der Waals surface area contributed by atoms with Crippen LogP contribution in [0, 0.1) is 0 Å². The van der Waals surface area contributed by atoms with E-state index in [0.717, 1.165) is 31.6 Å². The summed E-state index contributed by atoms with van der Waals surface area (Å²) in [5.74, 6) is 0.776. The Kier molecular flexibility index (Phi) is 4.25. The number of rotatable bonds is 4. The van der Waals surface area contributed by atoms with Crippen LogP contribution in [0.4, 0.5) is 0 Å². The molecule has 1 aliphatic rings. The highest BCUT2D eigenvalue weighted by Gasteiger charge is 2.29. The summed E-state index contributed by atoms with van der Waals surface area (Å²) in [6.45, 7) is 3.38. The number of carbonyl (C=O) groups excluding carboxylic acids is 1. The van der Waals surface area contributed by atoms with Gasteiger partial charge >= 0.3 is 0 Å². The third-order valence-electron chi connectivity index (χ3n) is 3.27. The van der Waals surface area contributed by atoms with Gasteiger partial charge in [0.15, 0.2) is 0 Å². The van der Waals surface area contributed by atoms with Crippen molar-refractivity contribution in [1.29, 1.82) is 0 Å². The molecule has 18 heavy (non-hydrogen) atoms. The summed E-state index contributed by atoms with van der Waals surface area (Å²) in [7, 11) is 1.67. The van der Waals surface area contributed by atoms with E-state index in [2.05, 4.69) is 9.97 Å². The number of aromatic nitrogens is 2. The molecule has 1 aromatic heterocycles.